The van der Waals surface area contributed by atoms with Crippen LogP contribution in [0.25, 0.3) is 11.1 Å². The standard InChI is InChI=1S/C12H10N4O4/c1-7-5-8(20-15-7)6-13-12-14-11-9(16(17)18)3-2-4-10(11)19-12/h2-5H,6H2,1H3,(H,13,14). The first kappa shape index (κ1) is 12.2. The Bertz CT molecular complexity index is 777. The summed E-state index contributed by atoms with van der Waals surface area (Å²) in [7, 11) is 0. The van der Waals surface area contributed by atoms with Crippen LogP contribution in [-0.2, 0) is 6.54 Å². The van der Waals surface area contributed by atoms with Crippen LogP contribution in [-0.4, -0.2) is 15.1 Å². The Morgan fingerprint density at radius 3 is 3.00 bits per heavy atom. The van der Waals surface area contributed by atoms with Crippen molar-refractivity contribution in [1.29, 1.82) is 0 Å². The topological polar surface area (TPSA) is 107 Å². The van der Waals surface area contributed by atoms with Gasteiger partial charge in [0.2, 0.25) is 0 Å². The number of hydrogen-bond donors (Lipinski definition) is 1. The number of non-ortho nitro benzene ring substituents is 1. The van der Waals surface area contributed by atoms with Crippen molar-refractivity contribution in [2.45, 2.75) is 13.5 Å². The van der Waals surface area contributed by atoms with Crippen molar-refractivity contribution in [3.05, 3.63) is 45.8 Å². The molecule has 0 atom stereocenters. The van der Waals surface area contributed by atoms with Crippen LogP contribution >= 0.6 is 0 Å². The van der Waals surface area contributed by atoms with Gasteiger partial charge in [-0.25, -0.2) is 0 Å². The molecule has 0 unspecified atom stereocenters. The lowest BCUT2D eigenvalue weighted by molar-refractivity contribution is -0.383. The molecule has 1 N–H and O–H groups in total. The van der Waals surface area contributed by atoms with Gasteiger partial charge in [-0.05, 0) is 13.0 Å². The first-order valence-electron chi connectivity index (χ1n) is 5.83. The molecule has 8 nitrogen and oxygen atoms in total. The molecule has 0 aliphatic carbocycles. The van der Waals surface area contributed by atoms with Crippen molar-refractivity contribution in [2.24, 2.45) is 0 Å². The second-order valence-corrected chi connectivity index (χ2v) is 4.19. The molecule has 2 aromatic heterocycles. The first-order valence-corrected chi connectivity index (χ1v) is 5.83. The van der Waals surface area contributed by atoms with Gasteiger partial charge >= 0.3 is 0 Å². The largest absolute Gasteiger partial charge is 0.423 e. The summed E-state index contributed by atoms with van der Waals surface area (Å²) < 4.78 is 10.4. The lowest BCUT2D eigenvalue weighted by Crippen LogP contribution is -1.98. The molecule has 0 fully saturated rings. The molecular formula is C12H10N4O4. The van der Waals surface area contributed by atoms with Gasteiger partial charge in [-0.15, -0.1) is 0 Å². The molecule has 1 aromatic carbocycles. The number of fused-ring (bicyclic) bond motifs is 1. The first-order chi connectivity index (χ1) is 9.63. The summed E-state index contributed by atoms with van der Waals surface area (Å²) >= 11 is 0. The summed E-state index contributed by atoms with van der Waals surface area (Å²) in [6, 6.07) is 6.53. The number of nitro benzene ring substituents is 1. The van der Waals surface area contributed by atoms with Gasteiger partial charge < -0.3 is 14.3 Å². The van der Waals surface area contributed by atoms with Crippen LogP contribution in [0, 0.1) is 17.0 Å². The summed E-state index contributed by atoms with van der Waals surface area (Å²) in [6.07, 6.45) is 0. The second-order valence-electron chi connectivity index (χ2n) is 4.19. The molecule has 0 bridgehead atoms. The van der Waals surface area contributed by atoms with Crippen LogP contribution in [0.5, 0.6) is 0 Å². The minimum atomic E-state index is -0.492. The Morgan fingerprint density at radius 2 is 2.30 bits per heavy atom. The average molecular weight is 274 g/mol. The highest BCUT2D eigenvalue weighted by atomic mass is 16.6. The molecule has 0 aliphatic rings. The fourth-order valence-electron chi connectivity index (χ4n) is 1.82. The number of oxazole rings is 1. The number of nitrogens with one attached hydrogen (secondary N) is 1. The normalized spacial score (nSPS) is 10.8. The fourth-order valence-corrected chi connectivity index (χ4v) is 1.82. The Morgan fingerprint density at radius 1 is 1.45 bits per heavy atom. The highest BCUT2D eigenvalue weighted by molar-refractivity contribution is 5.83. The molecule has 0 saturated carbocycles. The number of anilines is 1. The van der Waals surface area contributed by atoms with Gasteiger partial charge in [0.25, 0.3) is 11.7 Å². The smallest absolute Gasteiger partial charge is 0.298 e. The number of aryl methyl sites for hydroxylation is 1. The maximum Gasteiger partial charge on any atom is 0.298 e. The number of nitro groups is 1. The van der Waals surface area contributed by atoms with Crippen molar-refractivity contribution in [1.82, 2.24) is 10.1 Å². The third kappa shape index (κ3) is 2.18. The number of benzene rings is 1. The number of nitrogens with zero attached hydrogens (tertiary/aromatic N) is 3. The molecule has 102 valence electrons. The quantitative estimate of drug-likeness (QED) is 0.575. The molecule has 20 heavy (non-hydrogen) atoms. The molecule has 2 heterocycles. The monoisotopic (exact) mass is 274 g/mol. The van der Waals surface area contributed by atoms with Crippen molar-refractivity contribution in [3.8, 4) is 0 Å². The Kier molecular flexibility index (Phi) is 2.82. The van der Waals surface area contributed by atoms with Gasteiger partial charge in [0.05, 0.1) is 17.2 Å². The third-order valence-electron chi connectivity index (χ3n) is 2.68. The van der Waals surface area contributed by atoms with Crippen LogP contribution in [0.4, 0.5) is 11.7 Å². The maximum atomic E-state index is 10.9. The highest BCUT2D eigenvalue weighted by Gasteiger charge is 2.17. The fraction of sp³-hybridized carbons (Fsp3) is 0.167. The summed E-state index contributed by atoms with van der Waals surface area (Å²) in [5.41, 5.74) is 1.26. The van der Waals surface area contributed by atoms with E-state index in [0.717, 1.165) is 5.69 Å². The zero-order valence-electron chi connectivity index (χ0n) is 10.5. The SMILES string of the molecule is Cc1cc(CNc2nc3c([N+](=O)[O-])cccc3o2)on1. The van der Waals surface area contributed by atoms with Crippen LogP contribution in [0.3, 0.4) is 0 Å². The van der Waals surface area contributed by atoms with Gasteiger partial charge in [-0.3, -0.25) is 10.1 Å². The van der Waals surface area contributed by atoms with E-state index in [0.29, 0.717) is 17.9 Å². The van der Waals surface area contributed by atoms with E-state index in [1.807, 2.05) is 6.92 Å². The van der Waals surface area contributed by atoms with Crippen LogP contribution < -0.4 is 5.32 Å². The Hall–Kier alpha value is -2.90. The summed E-state index contributed by atoms with van der Waals surface area (Å²) in [6.45, 7) is 2.15. The van der Waals surface area contributed by atoms with Crippen molar-refractivity contribution in [3.63, 3.8) is 0 Å². The molecule has 0 spiro atoms. The maximum absolute atomic E-state index is 10.9. The predicted octanol–water partition coefficient (Wildman–Crippen LogP) is 2.64. The van der Waals surface area contributed by atoms with E-state index in [-0.39, 0.29) is 17.2 Å². The molecule has 3 aromatic rings. The second kappa shape index (κ2) is 4.65. The van der Waals surface area contributed by atoms with Gasteiger partial charge in [0.1, 0.15) is 0 Å². The van der Waals surface area contributed by atoms with Gasteiger partial charge in [0.15, 0.2) is 16.9 Å². The van der Waals surface area contributed by atoms with E-state index in [1.54, 1.807) is 18.2 Å². The third-order valence-corrected chi connectivity index (χ3v) is 2.68. The van der Waals surface area contributed by atoms with Gasteiger partial charge in [0, 0.05) is 12.1 Å². The number of para-hydroxylation sites is 1. The molecule has 0 amide bonds. The van der Waals surface area contributed by atoms with E-state index in [9.17, 15) is 10.1 Å². The molecule has 0 saturated heterocycles. The zero-order chi connectivity index (χ0) is 14.1. The van der Waals surface area contributed by atoms with E-state index in [2.05, 4.69) is 15.5 Å². The van der Waals surface area contributed by atoms with E-state index in [1.165, 1.54) is 6.07 Å². The van der Waals surface area contributed by atoms with Crippen molar-refractivity contribution < 1.29 is 13.9 Å². The van der Waals surface area contributed by atoms with Gasteiger partial charge in [-0.1, -0.05) is 11.2 Å². The Balaban J connectivity index is 1.86. The molecule has 0 aliphatic heterocycles. The van der Waals surface area contributed by atoms with Crippen LogP contribution in [0.15, 0.2) is 33.2 Å². The van der Waals surface area contributed by atoms with E-state index < -0.39 is 4.92 Å². The van der Waals surface area contributed by atoms with E-state index >= 15 is 0 Å². The molecule has 8 heteroatoms. The Labute approximate surface area is 112 Å². The van der Waals surface area contributed by atoms with Crippen molar-refractivity contribution >= 4 is 22.8 Å². The lowest BCUT2D eigenvalue weighted by atomic mass is 10.3. The zero-order valence-corrected chi connectivity index (χ0v) is 10.5. The van der Waals surface area contributed by atoms with Crippen molar-refractivity contribution in [2.75, 3.05) is 5.32 Å². The lowest BCUT2D eigenvalue weighted by Gasteiger charge is -1.95. The number of hydrogen-bond acceptors (Lipinski definition) is 7. The summed E-state index contributed by atoms with van der Waals surface area (Å²) in [4.78, 5) is 14.5. The summed E-state index contributed by atoms with van der Waals surface area (Å²) in [5.74, 6) is 0.624. The van der Waals surface area contributed by atoms with E-state index in [4.69, 9.17) is 8.94 Å². The highest BCUT2D eigenvalue weighted by Crippen LogP contribution is 2.27. The predicted molar refractivity (Wildman–Crippen MR) is 69.2 cm³/mol. The molecule has 0 radical (unpaired) electrons. The molecular weight excluding hydrogens is 264 g/mol. The average Bonchev–Trinajstić information content (AvgIpc) is 3.01. The minimum absolute atomic E-state index is 0.0881. The van der Waals surface area contributed by atoms with Crippen LogP contribution in [0.2, 0.25) is 0 Å². The summed E-state index contributed by atoms with van der Waals surface area (Å²) in [5, 5.41) is 17.5. The van der Waals surface area contributed by atoms with Gasteiger partial charge in [-0.2, -0.15) is 4.98 Å². The minimum Gasteiger partial charge on any atom is -0.423 e. The number of aromatic nitrogens is 2. The molecule has 3 rings (SSSR count). The van der Waals surface area contributed by atoms with Crippen LogP contribution in [0.1, 0.15) is 11.5 Å². The number of rotatable bonds is 4.